The molecule has 0 heterocycles. The number of carbonyl (C=O) groups excluding carboxylic acids is 2. The zero-order chi connectivity index (χ0) is 37.9. The molecular formula is C44H54O10. The van der Waals surface area contributed by atoms with Gasteiger partial charge in [-0.05, 0) is 165 Å². The van der Waals surface area contributed by atoms with Gasteiger partial charge in [-0.1, -0.05) is 19.1 Å². The molecule has 2 aromatic rings. The van der Waals surface area contributed by atoms with Crippen LogP contribution in [0.25, 0.3) is 0 Å². The maximum atomic E-state index is 13.3. The van der Waals surface area contributed by atoms with Gasteiger partial charge >= 0.3 is 23.9 Å². The summed E-state index contributed by atoms with van der Waals surface area (Å²) in [6, 6.07) is 11.6. The average molecular weight is 743 g/mol. The van der Waals surface area contributed by atoms with Gasteiger partial charge in [-0.2, -0.15) is 0 Å². The van der Waals surface area contributed by atoms with Crippen LogP contribution in [0.1, 0.15) is 131 Å². The number of hydrogen-bond acceptors (Lipinski definition) is 8. The normalized spacial score (nSPS) is 36.0. The van der Waals surface area contributed by atoms with Crippen molar-refractivity contribution in [2.45, 2.75) is 134 Å². The molecule has 0 spiro atoms. The molecule has 0 radical (unpaired) electrons. The number of carboxylic acid groups (broad SMARTS) is 2. The number of esters is 2. The molecule has 6 aliphatic rings. The van der Waals surface area contributed by atoms with Crippen molar-refractivity contribution in [3.8, 4) is 11.5 Å². The average Bonchev–Trinajstić information content (AvgIpc) is 3.66. The Balaban J connectivity index is 1.17. The summed E-state index contributed by atoms with van der Waals surface area (Å²) in [6.07, 6.45) is 8.91. The molecule has 0 saturated heterocycles. The number of phenolic OH excluding ortho intramolecular Hbond substituents is 2. The lowest BCUT2D eigenvalue weighted by molar-refractivity contribution is -0.174. The van der Waals surface area contributed by atoms with Gasteiger partial charge in [0.2, 0.25) is 0 Å². The second-order valence-corrected chi connectivity index (χ2v) is 17.8. The maximum Gasteiger partial charge on any atom is 0.306 e. The third-order valence-corrected chi connectivity index (χ3v) is 15.6. The molecule has 4 fully saturated rings. The molecule has 0 amide bonds. The van der Waals surface area contributed by atoms with E-state index in [4.69, 9.17) is 9.47 Å². The van der Waals surface area contributed by atoms with Gasteiger partial charge in [-0.15, -0.1) is 0 Å². The van der Waals surface area contributed by atoms with E-state index >= 15 is 0 Å². The Kier molecular flexibility index (Phi) is 9.70. The van der Waals surface area contributed by atoms with E-state index in [0.717, 1.165) is 77.0 Å². The molecular weight excluding hydrogens is 688 g/mol. The first-order valence-electron chi connectivity index (χ1n) is 20.3. The fraction of sp³-hybridized carbons (Fsp3) is 0.636. The summed E-state index contributed by atoms with van der Waals surface area (Å²) >= 11 is 0. The molecule has 1 unspecified atom stereocenters. The summed E-state index contributed by atoms with van der Waals surface area (Å²) in [5, 5.41) is 39.3. The first-order chi connectivity index (χ1) is 25.9. The highest BCUT2D eigenvalue weighted by atomic mass is 16.5. The van der Waals surface area contributed by atoms with Crippen LogP contribution in [0.3, 0.4) is 0 Å². The summed E-state index contributed by atoms with van der Waals surface area (Å²) in [7, 11) is 0. The van der Waals surface area contributed by atoms with Gasteiger partial charge in [0.15, 0.2) is 0 Å². The number of phenols is 2. The fourth-order valence-corrected chi connectivity index (χ4v) is 13.4. The van der Waals surface area contributed by atoms with Crippen LogP contribution in [0.2, 0.25) is 0 Å². The Morgan fingerprint density at radius 2 is 1.20 bits per heavy atom. The lowest BCUT2D eigenvalue weighted by Crippen LogP contribution is -2.55. The van der Waals surface area contributed by atoms with Crippen molar-refractivity contribution in [3.63, 3.8) is 0 Å². The van der Waals surface area contributed by atoms with E-state index in [1.165, 1.54) is 22.3 Å². The van der Waals surface area contributed by atoms with Gasteiger partial charge < -0.3 is 29.9 Å². The predicted molar refractivity (Wildman–Crippen MR) is 197 cm³/mol. The van der Waals surface area contributed by atoms with Gasteiger partial charge in [-0.25, -0.2) is 0 Å². The Morgan fingerprint density at radius 3 is 1.81 bits per heavy atom. The molecule has 290 valence electrons. The van der Waals surface area contributed by atoms with E-state index in [1.807, 2.05) is 12.1 Å². The largest absolute Gasteiger partial charge is 0.508 e. The molecule has 4 N–H and O–H groups in total. The van der Waals surface area contributed by atoms with Crippen LogP contribution < -0.4 is 0 Å². The molecule has 0 aromatic heterocycles. The fourth-order valence-electron chi connectivity index (χ4n) is 13.4. The van der Waals surface area contributed by atoms with Crippen molar-refractivity contribution in [1.29, 1.82) is 0 Å². The molecule has 10 heteroatoms. The molecule has 54 heavy (non-hydrogen) atoms. The minimum absolute atomic E-state index is 0.105. The van der Waals surface area contributed by atoms with Crippen LogP contribution in [0, 0.1) is 40.4 Å². The molecule has 6 aliphatic carbocycles. The number of carbonyl (C=O) groups is 4. The van der Waals surface area contributed by atoms with Crippen molar-refractivity contribution in [2.24, 2.45) is 40.4 Å². The number of benzene rings is 2. The second-order valence-electron chi connectivity index (χ2n) is 17.8. The summed E-state index contributed by atoms with van der Waals surface area (Å²) in [5.41, 5.74) is 4.31. The van der Waals surface area contributed by atoms with Gasteiger partial charge in [-0.3, -0.25) is 19.2 Å². The van der Waals surface area contributed by atoms with Crippen molar-refractivity contribution in [3.05, 3.63) is 58.7 Å². The quantitative estimate of drug-likeness (QED) is 0.178. The van der Waals surface area contributed by atoms with E-state index in [-0.39, 0.29) is 78.1 Å². The first kappa shape index (κ1) is 36.9. The molecule has 10 nitrogen and oxygen atoms in total. The standard InChI is InChI=1S/C44H54O10/c1-43-26(22-34-30-9-5-28(46)21-25(30)3-7-33(34)35(43)10-12-37(43)53-41(51)16-14-39(47)48)23-44-19-18-31-29-8-4-27(45)20-24(29)2-6-32(31)36(44)11-13-38(44)54-42(52)17-15-40(49)50/h4-5,8-9,20-21,26,31-38,45-46H,2-3,6-7,10-19,22-23H2,1H3,(H,47,48)(H,49,50)/t26?,31-,32-,33-,34-,35+,36+,37+,38+,43+,44-/m1/s1. The monoisotopic (exact) mass is 742 g/mol. The van der Waals surface area contributed by atoms with Crippen molar-refractivity contribution in [2.75, 3.05) is 0 Å². The minimum atomic E-state index is -1.03. The van der Waals surface area contributed by atoms with Crippen molar-refractivity contribution >= 4 is 23.9 Å². The summed E-state index contributed by atoms with van der Waals surface area (Å²) in [6.45, 7) is 2.32. The van der Waals surface area contributed by atoms with E-state index in [1.54, 1.807) is 12.1 Å². The zero-order valence-corrected chi connectivity index (χ0v) is 31.2. The second kappa shape index (κ2) is 14.2. The van der Waals surface area contributed by atoms with E-state index < -0.39 is 23.9 Å². The van der Waals surface area contributed by atoms with Crippen LogP contribution >= 0.6 is 0 Å². The molecule has 2 aromatic carbocycles. The van der Waals surface area contributed by atoms with Crippen LogP contribution in [0.4, 0.5) is 0 Å². The topological polar surface area (TPSA) is 168 Å². The number of aliphatic carboxylic acids is 2. The maximum absolute atomic E-state index is 13.3. The third-order valence-electron chi connectivity index (χ3n) is 15.6. The highest BCUT2D eigenvalue weighted by Crippen LogP contribution is 2.70. The number of hydrogen-bond donors (Lipinski definition) is 4. The van der Waals surface area contributed by atoms with E-state index in [0.29, 0.717) is 23.5 Å². The number of aromatic hydroxyl groups is 2. The number of ether oxygens (including phenoxy) is 2. The van der Waals surface area contributed by atoms with E-state index in [2.05, 4.69) is 19.1 Å². The smallest absolute Gasteiger partial charge is 0.306 e. The zero-order valence-electron chi connectivity index (χ0n) is 31.2. The lowest BCUT2D eigenvalue weighted by Gasteiger charge is -2.59. The van der Waals surface area contributed by atoms with Crippen LogP contribution in [0.5, 0.6) is 11.5 Å². The molecule has 11 atom stereocenters. The highest BCUT2D eigenvalue weighted by molar-refractivity contribution is 5.77. The summed E-state index contributed by atoms with van der Waals surface area (Å²) in [5.74, 6) is -0.369. The number of rotatable bonds is 10. The van der Waals surface area contributed by atoms with Gasteiger partial charge in [0.25, 0.3) is 0 Å². The number of carboxylic acids is 2. The molecule has 8 rings (SSSR count). The number of aryl methyl sites for hydroxylation is 2. The summed E-state index contributed by atoms with van der Waals surface area (Å²) in [4.78, 5) is 49.3. The van der Waals surface area contributed by atoms with Crippen molar-refractivity contribution in [1.82, 2.24) is 0 Å². The Morgan fingerprint density at radius 1 is 0.667 bits per heavy atom. The minimum Gasteiger partial charge on any atom is -0.508 e. The van der Waals surface area contributed by atoms with Gasteiger partial charge in [0, 0.05) is 10.8 Å². The Hall–Kier alpha value is -4.08. The predicted octanol–water partition coefficient (Wildman–Crippen LogP) is 7.66. The highest BCUT2D eigenvalue weighted by Gasteiger charge is 2.65. The van der Waals surface area contributed by atoms with Crippen LogP contribution in [0.15, 0.2) is 36.4 Å². The molecule has 0 bridgehead atoms. The third kappa shape index (κ3) is 6.35. The first-order valence-corrected chi connectivity index (χ1v) is 20.3. The van der Waals surface area contributed by atoms with Gasteiger partial charge in [0.1, 0.15) is 23.7 Å². The number of fused-ring (bicyclic) bond motifs is 10. The van der Waals surface area contributed by atoms with Crippen LogP contribution in [-0.2, 0) is 41.5 Å². The van der Waals surface area contributed by atoms with Gasteiger partial charge in [0.05, 0.1) is 25.7 Å². The molecule has 4 saturated carbocycles. The van der Waals surface area contributed by atoms with Crippen LogP contribution in [-0.4, -0.2) is 56.5 Å². The Bertz CT molecular complexity index is 1820. The van der Waals surface area contributed by atoms with E-state index in [9.17, 15) is 39.6 Å². The summed E-state index contributed by atoms with van der Waals surface area (Å²) < 4.78 is 12.7. The SMILES string of the molecule is C[C@]12C(C[C@]34CC[C@@H]5c6ccc(O)cc6CC[C@H]5[C@@H]3CC[C@@H]4OC(=O)CCC(=O)O)C[C@@H]3c4ccc(O)cc4CC[C@H]3[C@@H]1CC[C@@H]2OC(=O)CCC(=O)O. The van der Waals surface area contributed by atoms with Crippen molar-refractivity contribution < 1.29 is 49.1 Å². The lowest BCUT2D eigenvalue weighted by atomic mass is 9.46. The Labute approximate surface area is 316 Å². The molecule has 0 aliphatic heterocycles.